The Bertz CT molecular complexity index is 1200. The molecule has 0 radical (unpaired) electrons. The summed E-state index contributed by atoms with van der Waals surface area (Å²) in [6.45, 7) is 9.04. The molecule has 1 saturated heterocycles. The van der Waals surface area contributed by atoms with Crippen LogP contribution in [-0.4, -0.2) is 48.6 Å². The fourth-order valence-electron chi connectivity index (χ4n) is 4.35. The minimum Gasteiger partial charge on any atom is -0.379 e. The number of halogens is 1. The average molecular weight is 475 g/mol. The number of sulfonamides is 1. The number of imidazole rings is 1. The van der Waals surface area contributed by atoms with Crippen LogP contribution < -0.4 is 5.32 Å². The summed E-state index contributed by atoms with van der Waals surface area (Å²) in [5.74, 6) is 0.873. The monoisotopic (exact) mass is 474 g/mol. The summed E-state index contributed by atoms with van der Waals surface area (Å²) in [5.41, 5.74) is 2.58. The van der Waals surface area contributed by atoms with Crippen molar-refractivity contribution < 1.29 is 17.5 Å². The van der Waals surface area contributed by atoms with Gasteiger partial charge in [-0.2, -0.15) is 4.31 Å². The molecule has 0 amide bonds. The van der Waals surface area contributed by atoms with Crippen LogP contribution in [0.4, 0.5) is 4.39 Å². The predicted octanol–water partition coefficient (Wildman–Crippen LogP) is 3.70. The first-order chi connectivity index (χ1) is 15.8. The van der Waals surface area contributed by atoms with E-state index in [0.717, 1.165) is 16.9 Å². The lowest BCUT2D eigenvalue weighted by Gasteiger charge is -2.26. The normalized spacial score (nSPS) is 16.5. The zero-order valence-corrected chi connectivity index (χ0v) is 20.1. The topological polar surface area (TPSA) is 76.5 Å². The van der Waals surface area contributed by atoms with E-state index in [4.69, 9.17) is 9.72 Å². The predicted molar refractivity (Wildman–Crippen MR) is 126 cm³/mol. The molecule has 1 N–H and O–H groups in total. The molecule has 1 atom stereocenters. The lowest BCUT2D eigenvalue weighted by molar-refractivity contribution is 0.0730. The Morgan fingerprint density at radius 1 is 1.12 bits per heavy atom. The van der Waals surface area contributed by atoms with Crippen molar-refractivity contribution in [1.29, 1.82) is 0 Å². The number of aryl methyl sites for hydroxylation is 1. The van der Waals surface area contributed by atoms with Gasteiger partial charge in [0.1, 0.15) is 11.6 Å². The summed E-state index contributed by atoms with van der Waals surface area (Å²) in [6.07, 6.45) is 0. The third kappa shape index (κ3) is 4.96. The van der Waals surface area contributed by atoms with Gasteiger partial charge in [0.25, 0.3) is 0 Å². The van der Waals surface area contributed by atoms with E-state index in [-0.39, 0.29) is 16.8 Å². The third-order valence-corrected chi connectivity index (χ3v) is 7.99. The van der Waals surface area contributed by atoms with E-state index >= 15 is 0 Å². The number of nitrogens with one attached hydrogen (secondary N) is 1. The van der Waals surface area contributed by atoms with Crippen molar-refractivity contribution in [1.82, 2.24) is 19.2 Å². The van der Waals surface area contributed by atoms with E-state index in [0.29, 0.717) is 50.8 Å². The van der Waals surface area contributed by atoms with E-state index in [2.05, 4.69) is 23.7 Å². The highest BCUT2D eigenvalue weighted by Crippen LogP contribution is 2.26. The Balaban J connectivity index is 1.60. The lowest BCUT2D eigenvalue weighted by atomic mass is 9.96. The molecule has 1 unspecified atom stereocenters. The Kier molecular flexibility index (Phi) is 7.13. The van der Waals surface area contributed by atoms with Crippen molar-refractivity contribution >= 4 is 21.1 Å². The molecule has 1 fully saturated rings. The van der Waals surface area contributed by atoms with E-state index in [1.54, 1.807) is 24.3 Å². The first kappa shape index (κ1) is 23.8. The van der Waals surface area contributed by atoms with Crippen molar-refractivity contribution in [3.05, 3.63) is 59.7 Å². The second kappa shape index (κ2) is 9.89. The molecule has 0 aliphatic carbocycles. The molecule has 7 nitrogen and oxygen atoms in total. The van der Waals surface area contributed by atoms with Gasteiger partial charge in [-0.15, -0.1) is 0 Å². The average Bonchev–Trinajstić information content (AvgIpc) is 3.17. The zero-order valence-electron chi connectivity index (χ0n) is 19.3. The number of hydrogen-bond acceptors (Lipinski definition) is 5. The number of rotatable bonds is 8. The van der Waals surface area contributed by atoms with E-state index in [1.165, 1.54) is 16.4 Å². The second-order valence-electron chi connectivity index (χ2n) is 8.59. The Morgan fingerprint density at radius 2 is 1.82 bits per heavy atom. The smallest absolute Gasteiger partial charge is 0.243 e. The van der Waals surface area contributed by atoms with Crippen molar-refractivity contribution in [2.24, 2.45) is 5.92 Å². The number of aromatic nitrogens is 2. The van der Waals surface area contributed by atoms with Gasteiger partial charge in [-0.1, -0.05) is 26.0 Å². The second-order valence-corrected chi connectivity index (χ2v) is 10.5. The fraction of sp³-hybridized carbons (Fsp3) is 0.458. The Hall–Kier alpha value is -2.33. The van der Waals surface area contributed by atoms with Gasteiger partial charge in [-0.25, -0.2) is 17.8 Å². The summed E-state index contributed by atoms with van der Waals surface area (Å²) in [4.78, 5) is 5.03. The highest BCUT2D eigenvalue weighted by molar-refractivity contribution is 7.89. The molecule has 178 valence electrons. The Morgan fingerprint density at radius 3 is 2.45 bits per heavy atom. The maximum absolute atomic E-state index is 13.4. The largest absolute Gasteiger partial charge is 0.379 e. The van der Waals surface area contributed by atoms with E-state index in [1.807, 2.05) is 13.0 Å². The number of hydrogen-bond donors (Lipinski definition) is 1. The van der Waals surface area contributed by atoms with Crippen LogP contribution in [-0.2, 0) is 27.8 Å². The van der Waals surface area contributed by atoms with Gasteiger partial charge in [0.15, 0.2) is 0 Å². The van der Waals surface area contributed by atoms with Gasteiger partial charge in [0, 0.05) is 25.7 Å². The van der Waals surface area contributed by atoms with Crippen LogP contribution in [0, 0.1) is 11.7 Å². The van der Waals surface area contributed by atoms with Crippen molar-refractivity contribution in [2.45, 2.75) is 44.8 Å². The number of benzene rings is 2. The summed E-state index contributed by atoms with van der Waals surface area (Å²) >= 11 is 0. The quantitative estimate of drug-likeness (QED) is 0.539. The summed E-state index contributed by atoms with van der Waals surface area (Å²) in [7, 11) is -3.58. The van der Waals surface area contributed by atoms with Crippen LogP contribution in [0.15, 0.2) is 47.4 Å². The molecule has 1 aliphatic rings. The van der Waals surface area contributed by atoms with Crippen molar-refractivity contribution in [2.75, 3.05) is 26.3 Å². The van der Waals surface area contributed by atoms with Crippen LogP contribution in [0.25, 0.3) is 11.0 Å². The molecule has 1 aliphatic heterocycles. The molecule has 2 heterocycles. The molecule has 0 spiro atoms. The summed E-state index contributed by atoms with van der Waals surface area (Å²) < 4.78 is 48.3. The molecule has 0 saturated carbocycles. The molecule has 9 heteroatoms. The van der Waals surface area contributed by atoms with Crippen molar-refractivity contribution in [3.8, 4) is 0 Å². The van der Waals surface area contributed by atoms with Crippen LogP contribution >= 0.6 is 0 Å². The van der Waals surface area contributed by atoms with Gasteiger partial charge >= 0.3 is 0 Å². The molecule has 1 aromatic heterocycles. The van der Waals surface area contributed by atoms with Crippen LogP contribution in [0.3, 0.4) is 0 Å². The van der Waals surface area contributed by atoms with Gasteiger partial charge in [-0.05, 0) is 48.7 Å². The minimum absolute atomic E-state index is 0.0352. The highest BCUT2D eigenvalue weighted by atomic mass is 32.2. The standard InChI is InChI=1S/C24H31FN4O3S/c1-4-29-22-10-9-20(33(30,31)28-11-13-32-14-12-28)15-21(22)27-23(29)16-26-24(17(2)3)18-5-7-19(25)8-6-18/h5-10,15,17,24,26H,4,11-14,16H2,1-3H3. The van der Waals surface area contributed by atoms with Crippen LogP contribution in [0.2, 0.25) is 0 Å². The summed E-state index contributed by atoms with van der Waals surface area (Å²) in [5, 5.41) is 3.56. The lowest BCUT2D eigenvalue weighted by Crippen LogP contribution is -2.40. The van der Waals surface area contributed by atoms with E-state index < -0.39 is 10.0 Å². The fourth-order valence-corrected chi connectivity index (χ4v) is 5.78. The van der Waals surface area contributed by atoms with Crippen LogP contribution in [0.5, 0.6) is 0 Å². The summed E-state index contributed by atoms with van der Waals surface area (Å²) in [6, 6.07) is 11.8. The maximum atomic E-state index is 13.4. The molecular formula is C24H31FN4O3S. The van der Waals surface area contributed by atoms with Crippen LogP contribution in [0.1, 0.15) is 38.2 Å². The molecule has 3 aromatic rings. The third-order valence-electron chi connectivity index (χ3n) is 6.10. The molecule has 33 heavy (non-hydrogen) atoms. The molecular weight excluding hydrogens is 443 g/mol. The number of ether oxygens (including phenoxy) is 1. The highest BCUT2D eigenvalue weighted by Gasteiger charge is 2.27. The SMILES string of the molecule is CCn1c(CNC(c2ccc(F)cc2)C(C)C)nc2cc(S(=O)(=O)N3CCOCC3)ccc21. The first-order valence-electron chi connectivity index (χ1n) is 11.4. The van der Waals surface area contributed by atoms with Gasteiger partial charge < -0.3 is 14.6 Å². The molecule has 2 aromatic carbocycles. The zero-order chi connectivity index (χ0) is 23.6. The van der Waals surface area contributed by atoms with Crippen molar-refractivity contribution in [3.63, 3.8) is 0 Å². The number of nitrogens with zero attached hydrogens (tertiary/aromatic N) is 3. The van der Waals surface area contributed by atoms with Gasteiger partial charge in [0.05, 0.1) is 35.7 Å². The maximum Gasteiger partial charge on any atom is 0.243 e. The van der Waals surface area contributed by atoms with E-state index in [9.17, 15) is 12.8 Å². The molecule has 0 bridgehead atoms. The first-order valence-corrected chi connectivity index (χ1v) is 12.8. The minimum atomic E-state index is -3.58. The Labute approximate surface area is 194 Å². The van der Waals surface area contributed by atoms with Gasteiger partial charge in [-0.3, -0.25) is 0 Å². The number of fused-ring (bicyclic) bond motifs is 1. The molecule has 4 rings (SSSR count). The number of morpholine rings is 1. The van der Waals surface area contributed by atoms with Gasteiger partial charge in [0.2, 0.25) is 10.0 Å².